The average molecular weight is 468 g/mol. The van der Waals surface area contributed by atoms with Crippen LogP contribution in [0.4, 0.5) is 0 Å². The summed E-state index contributed by atoms with van der Waals surface area (Å²) in [6, 6.07) is 10.7. The van der Waals surface area contributed by atoms with Gasteiger partial charge in [0.1, 0.15) is 0 Å². The van der Waals surface area contributed by atoms with Crippen LogP contribution < -0.4 is 10.6 Å². The maximum atomic E-state index is 5.37. The topological polar surface area (TPSA) is 62.5 Å². The van der Waals surface area contributed by atoms with Gasteiger partial charge in [0, 0.05) is 25.1 Å². The Morgan fingerprint density at radius 3 is 2.58 bits per heavy atom. The van der Waals surface area contributed by atoms with Gasteiger partial charge in [-0.15, -0.1) is 24.0 Å². The second-order valence-electron chi connectivity index (χ2n) is 7.25. The standard InChI is InChI=1S/C20H28N4O.HI/c1-14(2)18-11-16(25-24-18)12-22-19(21-4)23-13-20(9-10-20)17-8-6-5-7-15(17)3;/h5-8,11,14H,9-10,12-13H2,1-4H3,(H2,21,22,23);1H. The molecule has 1 aliphatic carbocycles. The van der Waals surface area contributed by atoms with Gasteiger partial charge in [-0.2, -0.15) is 0 Å². The van der Waals surface area contributed by atoms with E-state index in [1.807, 2.05) is 6.07 Å². The molecular weight excluding hydrogens is 439 g/mol. The molecule has 0 bridgehead atoms. The Kier molecular flexibility index (Phi) is 7.08. The SMILES string of the molecule is CN=C(NCc1cc(C(C)C)no1)NCC1(c2ccccc2C)CC1.I. The van der Waals surface area contributed by atoms with Gasteiger partial charge < -0.3 is 15.2 Å². The highest BCUT2D eigenvalue weighted by Crippen LogP contribution is 2.48. The van der Waals surface area contributed by atoms with Crippen LogP contribution in [0, 0.1) is 6.92 Å². The van der Waals surface area contributed by atoms with E-state index in [1.165, 1.54) is 24.0 Å². The average Bonchev–Trinajstić information content (AvgIpc) is 3.23. The van der Waals surface area contributed by atoms with Gasteiger partial charge in [0.15, 0.2) is 11.7 Å². The van der Waals surface area contributed by atoms with E-state index in [-0.39, 0.29) is 29.4 Å². The summed E-state index contributed by atoms with van der Waals surface area (Å²) >= 11 is 0. The number of nitrogens with one attached hydrogen (secondary N) is 2. The van der Waals surface area contributed by atoms with Crippen molar-refractivity contribution in [1.82, 2.24) is 15.8 Å². The summed E-state index contributed by atoms with van der Waals surface area (Å²) in [5.74, 6) is 1.99. The van der Waals surface area contributed by atoms with E-state index in [1.54, 1.807) is 7.05 Å². The molecule has 0 saturated heterocycles. The first-order valence-corrected chi connectivity index (χ1v) is 9.00. The largest absolute Gasteiger partial charge is 0.359 e. The normalized spacial score (nSPS) is 15.5. The molecule has 6 heteroatoms. The van der Waals surface area contributed by atoms with Crippen molar-refractivity contribution in [3.63, 3.8) is 0 Å². The molecule has 1 saturated carbocycles. The lowest BCUT2D eigenvalue weighted by Crippen LogP contribution is -2.41. The van der Waals surface area contributed by atoms with E-state index in [0.29, 0.717) is 12.5 Å². The third-order valence-electron chi connectivity index (χ3n) is 4.99. The van der Waals surface area contributed by atoms with Crippen molar-refractivity contribution < 1.29 is 4.52 Å². The van der Waals surface area contributed by atoms with Crippen LogP contribution in [0.1, 0.15) is 55.2 Å². The first kappa shape index (κ1) is 20.7. The number of aromatic nitrogens is 1. The van der Waals surface area contributed by atoms with Crippen LogP contribution in [-0.2, 0) is 12.0 Å². The summed E-state index contributed by atoms with van der Waals surface area (Å²) in [6.45, 7) is 7.88. The lowest BCUT2D eigenvalue weighted by molar-refractivity contribution is 0.372. The zero-order valence-corrected chi connectivity index (χ0v) is 18.3. The number of rotatable bonds is 6. The van der Waals surface area contributed by atoms with Gasteiger partial charge in [-0.25, -0.2) is 0 Å². The molecule has 1 heterocycles. The number of hydrogen-bond donors (Lipinski definition) is 2. The first-order valence-electron chi connectivity index (χ1n) is 9.00. The van der Waals surface area contributed by atoms with Gasteiger partial charge >= 0.3 is 0 Å². The van der Waals surface area contributed by atoms with E-state index < -0.39 is 0 Å². The highest BCUT2D eigenvalue weighted by molar-refractivity contribution is 14.0. The smallest absolute Gasteiger partial charge is 0.191 e. The fourth-order valence-electron chi connectivity index (χ4n) is 3.19. The van der Waals surface area contributed by atoms with E-state index in [0.717, 1.165) is 24.0 Å². The second-order valence-corrected chi connectivity index (χ2v) is 7.25. The second kappa shape index (κ2) is 8.88. The number of guanidine groups is 1. The number of halogens is 1. The Labute approximate surface area is 173 Å². The minimum Gasteiger partial charge on any atom is -0.359 e. The van der Waals surface area contributed by atoms with Gasteiger partial charge in [-0.3, -0.25) is 4.99 Å². The van der Waals surface area contributed by atoms with Crippen molar-refractivity contribution in [1.29, 1.82) is 0 Å². The molecule has 3 rings (SSSR count). The number of nitrogens with zero attached hydrogens (tertiary/aromatic N) is 2. The Morgan fingerprint density at radius 2 is 2.00 bits per heavy atom. The molecule has 0 amide bonds. The zero-order chi connectivity index (χ0) is 17.9. The molecule has 0 aliphatic heterocycles. The maximum Gasteiger partial charge on any atom is 0.191 e. The number of aryl methyl sites for hydroxylation is 1. The van der Waals surface area contributed by atoms with Gasteiger partial charge in [0.25, 0.3) is 0 Å². The van der Waals surface area contributed by atoms with Crippen LogP contribution in [0.3, 0.4) is 0 Å². The molecule has 1 aromatic heterocycles. The maximum absolute atomic E-state index is 5.37. The molecule has 0 radical (unpaired) electrons. The number of aliphatic imine (C=N–C) groups is 1. The highest BCUT2D eigenvalue weighted by Gasteiger charge is 2.44. The quantitative estimate of drug-likeness (QED) is 0.381. The van der Waals surface area contributed by atoms with Crippen molar-refractivity contribution in [3.05, 3.63) is 52.9 Å². The van der Waals surface area contributed by atoms with E-state index in [4.69, 9.17) is 4.52 Å². The predicted molar refractivity (Wildman–Crippen MR) is 116 cm³/mol. The summed E-state index contributed by atoms with van der Waals surface area (Å²) in [6.07, 6.45) is 2.45. The van der Waals surface area contributed by atoms with E-state index >= 15 is 0 Å². The molecule has 26 heavy (non-hydrogen) atoms. The van der Waals surface area contributed by atoms with Crippen molar-refractivity contribution in [3.8, 4) is 0 Å². The van der Waals surface area contributed by atoms with Crippen molar-refractivity contribution in [2.24, 2.45) is 4.99 Å². The fourth-order valence-corrected chi connectivity index (χ4v) is 3.19. The van der Waals surface area contributed by atoms with Crippen LogP contribution in [0.25, 0.3) is 0 Å². The van der Waals surface area contributed by atoms with E-state index in [9.17, 15) is 0 Å². The first-order chi connectivity index (χ1) is 12.0. The molecule has 2 aromatic rings. The molecule has 0 spiro atoms. The molecular formula is C20H29IN4O. The molecule has 1 fully saturated rings. The summed E-state index contributed by atoms with van der Waals surface area (Å²) in [4.78, 5) is 4.32. The molecule has 5 nitrogen and oxygen atoms in total. The third kappa shape index (κ3) is 4.78. The van der Waals surface area contributed by atoms with Crippen molar-refractivity contribution >= 4 is 29.9 Å². The van der Waals surface area contributed by atoms with Gasteiger partial charge in [-0.1, -0.05) is 43.3 Å². The fraction of sp³-hybridized carbons (Fsp3) is 0.500. The summed E-state index contributed by atoms with van der Waals surface area (Å²) in [7, 11) is 1.79. The van der Waals surface area contributed by atoms with Crippen LogP contribution in [0.5, 0.6) is 0 Å². The minimum atomic E-state index is 0. The van der Waals surface area contributed by atoms with Crippen molar-refractivity contribution in [2.75, 3.05) is 13.6 Å². The molecule has 0 unspecified atom stereocenters. The van der Waals surface area contributed by atoms with Crippen LogP contribution in [0.2, 0.25) is 0 Å². The van der Waals surface area contributed by atoms with E-state index in [2.05, 4.69) is 65.8 Å². The van der Waals surface area contributed by atoms with Crippen LogP contribution in [-0.4, -0.2) is 24.7 Å². The molecule has 142 valence electrons. The Morgan fingerprint density at radius 1 is 1.27 bits per heavy atom. The predicted octanol–water partition coefficient (Wildman–Crippen LogP) is 4.12. The Hall–Kier alpha value is -1.57. The molecule has 0 atom stereocenters. The number of hydrogen-bond acceptors (Lipinski definition) is 3. The summed E-state index contributed by atoms with van der Waals surface area (Å²) in [5, 5.41) is 10.9. The lowest BCUT2D eigenvalue weighted by Gasteiger charge is -2.20. The third-order valence-corrected chi connectivity index (χ3v) is 4.99. The van der Waals surface area contributed by atoms with Gasteiger partial charge in [0.2, 0.25) is 0 Å². The zero-order valence-electron chi connectivity index (χ0n) is 16.0. The molecule has 1 aliphatic rings. The Balaban J connectivity index is 0.00000243. The number of benzene rings is 1. The summed E-state index contributed by atoms with van der Waals surface area (Å²) < 4.78 is 5.37. The summed E-state index contributed by atoms with van der Waals surface area (Å²) in [5.41, 5.74) is 4.05. The lowest BCUT2D eigenvalue weighted by atomic mass is 9.92. The van der Waals surface area contributed by atoms with Crippen LogP contribution >= 0.6 is 24.0 Å². The molecule has 1 aromatic carbocycles. The monoisotopic (exact) mass is 468 g/mol. The van der Waals surface area contributed by atoms with Crippen LogP contribution in [0.15, 0.2) is 39.8 Å². The van der Waals surface area contributed by atoms with Gasteiger partial charge in [0.05, 0.1) is 12.2 Å². The van der Waals surface area contributed by atoms with Crippen molar-refractivity contribution in [2.45, 2.75) is 51.5 Å². The highest BCUT2D eigenvalue weighted by atomic mass is 127. The Bertz CT molecular complexity index is 750. The van der Waals surface area contributed by atoms with Gasteiger partial charge in [-0.05, 0) is 36.8 Å². The minimum absolute atomic E-state index is 0. The molecule has 2 N–H and O–H groups in total.